The Balaban J connectivity index is 1.83. The third-order valence-corrected chi connectivity index (χ3v) is 10.2. The summed E-state index contributed by atoms with van der Waals surface area (Å²) in [5.41, 5.74) is 9.07. The van der Waals surface area contributed by atoms with Gasteiger partial charge >= 0.3 is 0 Å². The number of hydrogen-bond donors (Lipinski definition) is 4. The van der Waals surface area contributed by atoms with Crippen LogP contribution in [-0.2, 0) is 58.9 Å². The SMILES string of the molecule is CC(C)(C)c1cc2c(O)c(c1)Cc1cc(C(C)(C)C)cc(c1O)Cc1cc(C(C)(C)C)cc(c1O)Cc1cc(C(C)(C)C)cc(c1O)COC2. The molecule has 0 fully saturated rings. The molecular formula is C45H58O5. The molecule has 50 heavy (non-hydrogen) atoms. The third kappa shape index (κ3) is 7.84. The van der Waals surface area contributed by atoms with Crippen LogP contribution in [0, 0.1) is 0 Å². The first-order chi connectivity index (χ1) is 22.9. The molecule has 0 radical (unpaired) electrons. The number of aromatic hydroxyl groups is 4. The molecule has 5 rings (SSSR count). The normalized spacial score (nSPS) is 14.6. The Morgan fingerprint density at radius 2 is 0.520 bits per heavy atom. The number of ether oxygens (including phenoxy) is 1. The molecule has 4 N–H and O–H groups in total. The van der Waals surface area contributed by atoms with E-state index in [2.05, 4.69) is 107 Å². The average molecular weight is 679 g/mol. The lowest BCUT2D eigenvalue weighted by atomic mass is 9.80. The zero-order chi connectivity index (χ0) is 37.1. The highest BCUT2D eigenvalue weighted by Gasteiger charge is 2.26. The Hall–Kier alpha value is -3.96. The minimum absolute atomic E-state index is 0.147. The molecule has 8 bridgehead atoms. The van der Waals surface area contributed by atoms with E-state index in [4.69, 9.17) is 4.74 Å². The van der Waals surface area contributed by atoms with E-state index >= 15 is 0 Å². The first kappa shape index (κ1) is 37.3. The largest absolute Gasteiger partial charge is 0.507 e. The van der Waals surface area contributed by atoms with Gasteiger partial charge in [-0.25, -0.2) is 0 Å². The lowest BCUT2D eigenvalue weighted by molar-refractivity contribution is 0.103. The van der Waals surface area contributed by atoms with E-state index in [9.17, 15) is 20.4 Å². The van der Waals surface area contributed by atoms with E-state index in [1.54, 1.807) is 0 Å². The molecule has 0 amide bonds. The van der Waals surface area contributed by atoms with Gasteiger partial charge in [-0.15, -0.1) is 0 Å². The Morgan fingerprint density at radius 1 is 0.340 bits per heavy atom. The van der Waals surface area contributed by atoms with Crippen molar-refractivity contribution in [3.05, 3.63) is 115 Å². The van der Waals surface area contributed by atoms with Crippen molar-refractivity contribution in [1.29, 1.82) is 0 Å². The molecule has 1 aliphatic heterocycles. The molecule has 0 atom stereocenters. The van der Waals surface area contributed by atoms with Crippen LogP contribution in [0.1, 0.15) is 150 Å². The molecule has 0 saturated heterocycles. The molecule has 0 saturated carbocycles. The second-order valence-corrected chi connectivity index (χ2v) is 18.6. The predicted molar refractivity (Wildman–Crippen MR) is 204 cm³/mol. The average Bonchev–Trinajstić information content (AvgIpc) is 2.97. The molecular weight excluding hydrogens is 620 g/mol. The van der Waals surface area contributed by atoms with Gasteiger partial charge in [0.25, 0.3) is 0 Å². The van der Waals surface area contributed by atoms with Gasteiger partial charge in [-0.05, 0) is 89.4 Å². The van der Waals surface area contributed by atoms with Crippen molar-refractivity contribution >= 4 is 0 Å². The van der Waals surface area contributed by atoms with E-state index in [0.717, 1.165) is 44.5 Å². The lowest BCUT2D eigenvalue weighted by Crippen LogP contribution is -2.15. The maximum Gasteiger partial charge on any atom is 0.124 e. The van der Waals surface area contributed by atoms with Crippen LogP contribution in [-0.4, -0.2) is 20.4 Å². The Labute approximate surface area is 300 Å². The Bertz CT molecular complexity index is 1780. The standard InChI is InChI=1S/C45H58O5/c1-42(2,3)34-16-26-13-27-17-35(43(4,5)6)19-29(39(27)47)15-31-21-37(45(10,11)12)23-33(41(31)49)25-50-24-32-22-36(44(7,8)9)20-30(40(32)48)14-28(18-34)38(26)46/h16-23,46-49H,13-15,24-25H2,1-12H3. The number of hydrogen-bond acceptors (Lipinski definition) is 5. The van der Waals surface area contributed by atoms with Crippen LogP contribution in [0.4, 0.5) is 0 Å². The second-order valence-electron chi connectivity index (χ2n) is 18.6. The summed E-state index contributed by atoms with van der Waals surface area (Å²) < 4.78 is 6.30. The number of fused-ring (bicyclic) bond motifs is 8. The van der Waals surface area contributed by atoms with Crippen LogP contribution in [0.25, 0.3) is 0 Å². The molecule has 5 heteroatoms. The number of benzene rings is 4. The summed E-state index contributed by atoms with van der Waals surface area (Å²) in [6.07, 6.45) is 0.961. The van der Waals surface area contributed by atoms with Crippen LogP contribution in [0.2, 0.25) is 0 Å². The van der Waals surface area contributed by atoms with Crippen molar-refractivity contribution in [2.45, 2.75) is 137 Å². The summed E-state index contributed by atoms with van der Waals surface area (Å²) in [5, 5.41) is 47.3. The fourth-order valence-corrected chi connectivity index (χ4v) is 6.69. The van der Waals surface area contributed by atoms with Crippen LogP contribution in [0.5, 0.6) is 23.0 Å². The van der Waals surface area contributed by atoms with Crippen LogP contribution >= 0.6 is 0 Å². The zero-order valence-corrected chi connectivity index (χ0v) is 32.4. The molecule has 4 aromatic rings. The maximum absolute atomic E-state index is 11.9. The van der Waals surface area contributed by atoms with Gasteiger partial charge in [0.1, 0.15) is 23.0 Å². The zero-order valence-electron chi connectivity index (χ0n) is 32.4. The van der Waals surface area contributed by atoms with Gasteiger partial charge in [0.15, 0.2) is 0 Å². The molecule has 0 aliphatic carbocycles. The van der Waals surface area contributed by atoms with Crippen molar-refractivity contribution in [3.63, 3.8) is 0 Å². The minimum atomic E-state index is -0.212. The topological polar surface area (TPSA) is 90.2 Å². The van der Waals surface area contributed by atoms with Gasteiger partial charge in [0, 0.05) is 30.4 Å². The van der Waals surface area contributed by atoms with E-state index in [1.165, 1.54) is 0 Å². The summed E-state index contributed by atoms with van der Waals surface area (Å²) in [7, 11) is 0. The summed E-state index contributed by atoms with van der Waals surface area (Å²) in [6, 6.07) is 16.3. The fraction of sp³-hybridized carbons (Fsp3) is 0.467. The summed E-state index contributed by atoms with van der Waals surface area (Å²) in [4.78, 5) is 0. The molecule has 0 spiro atoms. The Kier molecular flexibility index (Phi) is 9.68. The predicted octanol–water partition coefficient (Wildman–Crippen LogP) is 10.5. The molecule has 4 aromatic carbocycles. The van der Waals surface area contributed by atoms with Gasteiger partial charge in [0.05, 0.1) is 13.2 Å². The van der Waals surface area contributed by atoms with Gasteiger partial charge in [-0.1, -0.05) is 119 Å². The van der Waals surface area contributed by atoms with Crippen LogP contribution in [0.15, 0.2) is 48.5 Å². The highest BCUT2D eigenvalue weighted by atomic mass is 16.5. The van der Waals surface area contributed by atoms with Crippen molar-refractivity contribution < 1.29 is 25.2 Å². The van der Waals surface area contributed by atoms with E-state index in [1.807, 2.05) is 24.3 Å². The van der Waals surface area contributed by atoms with Gasteiger partial charge in [-0.2, -0.15) is 0 Å². The van der Waals surface area contributed by atoms with E-state index in [-0.39, 0.29) is 57.9 Å². The first-order valence-corrected chi connectivity index (χ1v) is 17.9. The molecule has 268 valence electrons. The summed E-state index contributed by atoms with van der Waals surface area (Å²) in [5.74, 6) is 0.629. The minimum Gasteiger partial charge on any atom is -0.507 e. The van der Waals surface area contributed by atoms with Crippen molar-refractivity contribution in [3.8, 4) is 23.0 Å². The lowest BCUT2D eigenvalue weighted by Gasteiger charge is -2.26. The van der Waals surface area contributed by atoms with Crippen molar-refractivity contribution in [2.75, 3.05) is 0 Å². The monoisotopic (exact) mass is 678 g/mol. The summed E-state index contributed by atoms with van der Waals surface area (Å²) >= 11 is 0. The number of phenolic OH excluding ortho intramolecular Hbond substituents is 4. The highest BCUT2D eigenvalue weighted by molar-refractivity contribution is 5.57. The van der Waals surface area contributed by atoms with Crippen molar-refractivity contribution in [2.24, 2.45) is 0 Å². The van der Waals surface area contributed by atoms with E-state index < -0.39 is 0 Å². The third-order valence-electron chi connectivity index (χ3n) is 10.2. The summed E-state index contributed by atoms with van der Waals surface area (Å²) in [6.45, 7) is 26.1. The highest BCUT2D eigenvalue weighted by Crippen LogP contribution is 2.42. The maximum atomic E-state index is 11.9. The molecule has 1 aliphatic rings. The fourth-order valence-electron chi connectivity index (χ4n) is 6.69. The Morgan fingerprint density at radius 3 is 0.720 bits per heavy atom. The quantitative estimate of drug-likeness (QED) is 0.149. The van der Waals surface area contributed by atoms with Gasteiger partial charge in [0.2, 0.25) is 0 Å². The smallest absolute Gasteiger partial charge is 0.124 e. The second kappa shape index (κ2) is 13.0. The van der Waals surface area contributed by atoms with Crippen LogP contribution < -0.4 is 0 Å². The first-order valence-electron chi connectivity index (χ1n) is 17.9. The molecule has 0 aromatic heterocycles. The number of phenols is 4. The molecule has 0 unspecified atom stereocenters. The van der Waals surface area contributed by atoms with Crippen molar-refractivity contribution in [1.82, 2.24) is 0 Å². The number of rotatable bonds is 0. The molecule has 5 nitrogen and oxygen atoms in total. The molecule has 1 heterocycles. The van der Waals surface area contributed by atoms with E-state index in [0.29, 0.717) is 41.5 Å². The van der Waals surface area contributed by atoms with Crippen LogP contribution in [0.3, 0.4) is 0 Å². The van der Waals surface area contributed by atoms with Gasteiger partial charge < -0.3 is 25.2 Å². The van der Waals surface area contributed by atoms with Gasteiger partial charge in [-0.3, -0.25) is 0 Å².